The van der Waals surface area contributed by atoms with Gasteiger partial charge in [0.05, 0.1) is 11.6 Å². The molecule has 0 aliphatic rings. The highest BCUT2D eigenvalue weighted by molar-refractivity contribution is 5.97. The first kappa shape index (κ1) is 11.9. The molecule has 0 saturated carbocycles. The summed E-state index contributed by atoms with van der Waals surface area (Å²) >= 11 is 0. The molecule has 0 spiro atoms. The molecule has 1 aromatic carbocycles. The number of benzene rings is 1. The fraction of sp³-hybridized carbons (Fsp3) is 0.154. The van der Waals surface area contributed by atoms with Gasteiger partial charge >= 0.3 is 0 Å². The van der Waals surface area contributed by atoms with Crippen LogP contribution in [-0.2, 0) is 0 Å². The Labute approximate surface area is 104 Å². The van der Waals surface area contributed by atoms with Crippen LogP contribution >= 0.6 is 0 Å². The summed E-state index contributed by atoms with van der Waals surface area (Å²) in [7, 11) is 1.59. The van der Waals surface area contributed by atoms with Crippen molar-refractivity contribution in [1.29, 1.82) is 5.26 Å². The number of amides is 1. The van der Waals surface area contributed by atoms with Gasteiger partial charge in [-0.2, -0.15) is 5.26 Å². The third-order valence-electron chi connectivity index (χ3n) is 2.62. The number of carbonyl (C=O) groups excluding carboxylic acids is 1. The minimum atomic E-state index is -0.206. The highest BCUT2D eigenvalue weighted by atomic mass is 16.2. The SMILES string of the molecule is CN(CC#N)C(=O)c1ccc2ccc(N)nc2c1. The second-order valence-corrected chi connectivity index (χ2v) is 3.96. The maximum Gasteiger partial charge on any atom is 0.254 e. The zero-order valence-corrected chi connectivity index (χ0v) is 9.92. The smallest absolute Gasteiger partial charge is 0.254 e. The Morgan fingerprint density at radius 2 is 2.17 bits per heavy atom. The summed E-state index contributed by atoms with van der Waals surface area (Å²) in [4.78, 5) is 17.5. The Bertz CT molecular complexity index is 645. The molecule has 5 heteroatoms. The number of hydrogen-bond acceptors (Lipinski definition) is 4. The van der Waals surface area contributed by atoms with Gasteiger partial charge in [0.25, 0.3) is 5.91 Å². The van der Waals surface area contributed by atoms with E-state index in [1.165, 1.54) is 4.90 Å². The average Bonchev–Trinajstić information content (AvgIpc) is 2.37. The number of pyridine rings is 1. The molecule has 0 saturated heterocycles. The topological polar surface area (TPSA) is 83.0 Å². The summed E-state index contributed by atoms with van der Waals surface area (Å²) in [5, 5.41) is 9.49. The average molecular weight is 240 g/mol. The summed E-state index contributed by atoms with van der Waals surface area (Å²) in [6.45, 7) is 0.0568. The third kappa shape index (κ3) is 2.23. The minimum absolute atomic E-state index is 0.0568. The minimum Gasteiger partial charge on any atom is -0.384 e. The van der Waals surface area contributed by atoms with Crippen LogP contribution in [-0.4, -0.2) is 29.4 Å². The lowest BCUT2D eigenvalue weighted by Crippen LogP contribution is -2.26. The quantitative estimate of drug-likeness (QED) is 0.804. The van der Waals surface area contributed by atoms with Crippen molar-refractivity contribution in [3.05, 3.63) is 35.9 Å². The first-order valence-electron chi connectivity index (χ1n) is 5.40. The van der Waals surface area contributed by atoms with Crippen LogP contribution in [0.2, 0.25) is 0 Å². The third-order valence-corrected chi connectivity index (χ3v) is 2.62. The molecule has 18 heavy (non-hydrogen) atoms. The van der Waals surface area contributed by atoms with Gasteiger partial charge < -0.3 is 10.6 Å². The highest BCUT2D eigenvalue weighted by Crippen LogP contribution is 2.16. The first-order valence-corrected chi connectivity index (χ1v) is 5.40. The van der Waals surface area contributed by atoms with Crippen LogP contribution in [0.5, 0.6) is 0 Å². The molecule has 2 aromatic rings. The number of nitriles is 1. The molecule has 5 nitrogen and oxygen atoms in total. The van der Waals surface area contributed by atoms with Crippen LogP contribution in [0.3, 0.4) is 0 Å². The Balaban J connectivity index is 2.41. The summed E-state index contributed by atoms with van der Waals surface area (Å²) in [6.07, 6.45) is 0. The summed E-state index contributed by atoms with van der Waals surface area (Å²) in [5.41, 5.74) is 6.78. The van der Waals surface area contributed by atoms with E-state index in [1.807, 2.05) is 18.2 Å². The fourth-order valence-electron chi connectivity index (χ4n) is 1.66. The number of anilines is 1. The Morgan fingerprint density at radius 3 is 2.89 bits per heavy atom. The van der Waals surface area contributed by atoms with Crippen molar-refractivity contribution in [2.24, 2.45) is 0 Å². The first-order chi connectivity index (χ1) is 8.61. The molecule has 0 aliphatic carbocycles. The van der Waals surface area contributed by atoms with Gasteiger partial charge in [-0.1, -0.05) is 6.07 Å². The lowest BCUT2D eigenvalue weighted by atomic mass is 10.1. The van der Waals surface area contributed by atoms with E-state index in [0.717, 1.165) is 5.39 Å². The highest BCUT2D eigenvalue weighted by Gasteiger charge is 2.11. The van der Waals surface area contributed by atoms with Crippen molar-refractivity contribution in [3.8, 4) is 6.07 Å². The maximum absolute atomic E-state index is 12.0. The van der Waals surface area contributed by atoms with Crippen molar-refractivity contribution in [3.63, 3.8) is 0 Å². The predicted octanol–water partition coefficient (Wildman–Crippen LogP) is 1.41. The van der Waals surface area contributed by atoms with E-state index in [1.54, 1.807) is 25.2 Å². The molecule has 1 heterocycles. The van der Waals surface area contributed by atoms with Gasteiger partial charge in [0, 0.05) is 18.0 Å². The number of fused-ring (bicyclic) bond motifs is 1. The predicted molar refractivity (Wildman–Crippen MR) is 68.7 cm³/mol. The molecule has 0 unspecified atom stereocenters. The van der Waals surface area contributed by atoms with Crippen LogP contribution in [0.1, 0.15) is 10.4 Å². The Kier molecular flexibility index (Phi) is 3.11. The molecule has 0 bridgehead atoms. The van der Waals surface area contributed by atoms with E-state index in [4.69, 9.17) is 11.0 Å². The molecule has 2 N–H and O–H groups in total. The van der Waals surface area contributed by atoms with Gasteiger partial charge in [-0.15, -0.1) is 0 Å². The molecule has 0 radical (unpaired) electrons. The molecular weight excluding hydrogens is 228 g/mol. The molecule has 0 fully saturated rings. The van der Waals surface area contributed by atoms with E-state index in [0.29, 0.717) is 16.9 Å². The summed E-state index contributed by atoms with van der Waals surface area (Å²) in [6, 6.07) is 10.7. The van der Waals surface area contributed by atoms with Gasteiger partial charge in [-0.3, -0.25) is 4.79 Å². The maximum atomic E-state index is 12.0. The van der Waals surface area contributed by atoms with Gasteiger partial charge in [0.15, 0.2) is 0 Å². The molecule has 90 valence electrons. The van der Waals surface area contributed by atoms with Crippen molar-refractivity contribution < 1.29 is 4.79 Å². The van der Waals surface area contributed by atoms with Crippen molar-refractivity contribution in [2.75, 3.05) is 19.3 Å². The molecular formula is C13H12N4O. The van der Waals surface area contributed by atoms with Crippen LogP contribution in [0, 0.1) is 11.3 Å². The summed E-state index contributed by atoms with van der Waals surface area (Å²) < 4.78 is 0. The van der Waals surface area contributed by atoms with E-state index < -0.39 is 0 Å². The van der Waals surface area contributed by atoms with E-state index in [2.05, 4.69) is 4.98 Å². The molecule has 0 aliphatic heterocycles. The van der Waals surface area contributed by atoms with Crippen LogP contribution in [0.15, 0.2) is 30.3 Å². The second-order valence-electron chi connectivity index (χ2n) is 3.96. The van der Waals surface area contributed by atoms with Crippen molar-refractivity contribution >= 4 is 22.6 Å². The van der Waals surface area contributed by atoms with Crippen LogP contribution in [0.4, 0.5) is 5.82 Å². The Morgan fingerprint density at radius 1 is 1.44 bits per heavy atom. The molecule has 2 rings (SSSR count). The lowest BCUT2D eigenvalue weighted by molar-refractivity contribution is 0.0812. The monoisotopic (exact) mass is 240 g/mol. The summed E-state index contributed by atoms with van der Waals surface area (Å²) in [5.74, 6) is 0.208. The largest absolute Gasteiger partial charge is 0.384 e. The molecule has 1 amide bonds. The standard InChI is InChI=1S/C13H12N4O/c1-17(7-6-14)13(18)10-3-2-9-4-5-12(15)16-11(9)8-10/h2-5,8H,7H2,1H3,(H2,15,16). The van der Waals surface area contributed by atoms with E-state index in [9.17, 15) is 4.79 Å². The number of rotatable bonds is 2. The number of nitrogen functional groups attached to an aromatic ring is 1. The van der Waals surface area contributed by atoms with Crippen LogP contribution < -0.4 is 5.73 Å². The Hall–Kier alpha value is -2.61. The van der Waals surface area contributed by atoms with Gasteiger partial charge in [-0.25, -0.2) is 4.98 Å². The van der Waals surface area contributed by atoms with Crippen molar-refractivity contribution in [1.82, 2.24) is 9.88 Å². The number of carbonyl (C=O) groups is 1. The second kappa shape index (κ2) is 4.72. The normalized spacial score (nSPS) is 10.0. The van der Waals surface area contributed by atoms with Gasteiger partial charge in [0.1, 0.15) is 12.4 Å². The zero-order chi connectivity index (χ0) is 13.1. The number of nitrogens with zero attached hydrogens (tertiary/aromatic N) is 3. The number of hydrogen-bond donors (Lipinski definition) is 1. The van der Waals surface area contributed by atoms with Gasteiger partial charge in [0.2, 0.25) is 0 Å². The number of nitrogens with two attached hydrogens (primary N) is 1. The zero-order valence-electron chi connectivity index (χ0n) is 9.92. The lowest BCUT2D eigenvalue weighted by Gasteiger charge is -2.13. The fourth-order valence-corrected chi connectivity index (χ4v) is 1.66. The van der Waals surface area contributed by atoms with Crippen LogP contribution in [0.25, 0.3) is 10.9 Å². The van der Waals surface area contributed by atoms with E-state index >= 15 is 0 Å². The number of aromatic nitrogens is 1. The molecule has 1 aromatic heterocycles. The van der Waals surface area contributed by atoms with Gasteiger partial charge in [-0.05, 0) is 24.3 Å². The molecule has 0 atom stereocenters. The van der Waals surface area contributed by atoms with Crippen molar-refractivity contribution in [2.45, 2.75) is 0 Å². The van der Waals surface area contributed by atoms with E-state index in [-0.39, 0.29) is 12.5 Å².